The molecule has 0 spiro atoms. The van der Waals surface area contributed by atoms with Crippen LogP contribution in [0, 0.1) is 0 Å². The summed E-state index contributed by atoms with van der Waals surface area (Å²) in [6.45, 7) is 2.64. The maximum atomic E-state index is 12.0. The smallest absolute Gasteiger partial charge is 0.303 e. The van der Waals surface area contributed by atoms with Crippen LogP contribution in [0.1, 0.15) is 13.8 Å². The molecule has 2 aromatic rings. The molecule has 0 saturated carbocycles. The van der Waals surface area contributed by atoms with Crippen LogP contribution in [0.5, 0.6) is 0 Å². The Kier molecular flexibility index (Phi) is 6.47. The van der Waals surface area contributed by atoms with Gasteiger partial charge in [0.05, 0.1) is 0 Å². The van der Waals surface area contributed by atoms with Gasteiger partial charge in [-0.3, -0.25) is 19.4 Å². The van der Waals surface area contributed by atoms with Crippen LogP contribution in [-0.2, 0) is 14.3 Å². The Balaban J connectivity index is 0.00000264. The van der Waals surface area contributed by atoms with Gasteiger partial charge in [0.25, 0.3) is 11.5 Å². The van der Waals surface area contributed by atoms with Crippen LogP contribution >= 0.6 is 12.4 Å². The van der Waals surface area contributed by atoms with E-state index < -0.39 is 23.5 Å². The number of carbonyl (C=O) groups is 2. The SMILES string of the molecule is CC(=O)OC(C)C(=O)Nc1c(-c2cccnc2)cc[nH]c1=O.Cl. The highest BCUT2D eigenvalue weighted by molar-refractivity contribution is 5.98. The number of amides is 1. The van der Waals surface area contributed by atoms with Gasteiger partial charge in [-0.05, 0) is 19.1 Å². The Morgan fingerprint density at radius 1 is 1.35 bits per heavy atom. The van der Waals surface area contributed by atoms with E-state index in [9.17, 15) is 14.4 Å². The molecule has 7 nitrogen and oxygen atoms in total. The predicted octanol–water partition coefficient (Wildman–Crippen LogP) is 1.75. The third-order valence-corrected chi connectivity index (χ3v) is 2.89. The first kappa shape index (κ1) is 18.4. The third kappa shape index (κ3) is 4.65. The fourth-order valence-electron chi connectivity index (χ4n) is 1.89. The van der Waals surface area contributed by atoms with Crippen molar-refractivity contribution >= 4 is 30.0 Å². The van der Waals surface area contributed by atoms with Crippen LogP contribution in [-0.4, -0.2) is 27.9 Å². The van der Waals surface area contributed by atoms with Crippen LogP contribution in [0.25, 0.3) is 11.1 Å². The molecule has 0 aliphatic rings. The maximum Gasteiger partial charge on any atom is 0.303 e. The van der Waals surface area contributed by atoms with Gasteiger partial charge in [0.2, 0.25) is 0 Å². The number of hydrogen-bond acceptors (Lipinski definition) is 5. The third-order valence-electron chi connectivity index (χ3n) is 2.89. The van der Waals surface area contributed by atoms with Crippen molar-refractivity contribution in [1.29, 1.82) is 0 Å². The normalized spacial score (nSPS) is 11.0. The fourth-order valence-corrected chi connectivity index (χ4v) is 1.89. The van der Waals surface area contributed by atoms with Gasteiger partial charge >= 0.3 is 5.97 Å². The molecule has 1 unspecified atom stereocenters. The van der Waals surface area contributed by atoms with Gasteiger partial charge in [0.1, 0.15) is 5.69 Å². The Morgan fingerprint density at radius 3 is 2.70 bits per heavy atom. The number of nitrogens with zero attached hydrogens (tertiary/aromatic N) is 1. The predicted molar refractivity (Wildman–Crippen MR) is 87.4 cm³/mol. The minimum absolute atomic E-state index is 0. The van der Waals surface area contributed by atoms with E-state index in [1.165, 1.54) is 20.0 Å². The molecule has 122 valence electrons. The lowest BCUT2D eigenvalue weighted by atomic mass is 10.1. The fraction of sp³-hybridized carbons (Fsp3) is 0.200. The van der Waals surface area contributed by atoms with E-state index in [1.807, 2.05) is 0 Å². The van der Waals surface area contributed by atoms with Gasteiger partial charge in [0, 0.05) is 36.6 Å². The second kappa shape index (κ2) is 8.09. The number of H-pyrrole nitrogens is 1. The first-order chi connectivity index (χ1) is 10.5. The molecule has 8 heteroatoms. The largest absolute Gasteiger partial charge is 0.453 e. The van der Waals surface area contributed by atoms with Crippen molar-refractivity contribution < 1.29 is 14.3 Å². The molecular formula is C15H16ClN3O4. The summed E-state index contributed by atoms with van der Waals surface area (Å²) in [6.07, 6.45) is 3.67. The average Bonchev–Trinajstić information content (AvgIpc) is 2.49. The number of carbonyl (C=O) groups excluding carboxylic acids is 2. The Bertz CT molecular complexity index is 746. The zero-order valence-electron chi connectivity index (χ0n) is 12.5. The molecule has 1 atom stereocenters. The zero-order valence-corrected chi connectivity index (χ0v) is 13.3. The molecule has 1 amide bonds. The van der Waals surface area contributed by atoms with Crippen LogP contribution in [0.3, 0.4) is 0 Å². The quantitative estimate of drug-likeness (QED) is 0.828. The van der Waals surface area contributed by atoms with E-state index in [0.717, 1.165) is 0 Å². The monoisotopic (exact) mass is 337 g/mol. The van der Waals surface area contributed by atoms with Crippen molar-refractivity contribution in [2.45, 2.75) is 20.0 Å². The summed E-state index contributed by atoms with van der Waals surface area (Å²) in [5, 5.41) is 2.49. The van der Waals surface area contributed by atoms with E-state index >= 15 is 0 Å². The number of anilines is 1. The summed E-state index contributed by atoms with van der Waals surface area (Å²) < 4.78 is 4.79. The minimum atomic E-state index is -1.00. The minimum Gasteiger partial charge on any atom is -0.453 e. The van der Waals surface area contributed by atoms with Crippen molar-refractivity contribution in [2.24, 2.45) is 0 Å². The van der Waals surface area contributed by atoms with Crippen LogP contribution < -0.4 is 10.9 Å². The number of pyridine rings is 2. The number of aromatic nitrogens is 2. The molecule has 2 heterocycles. The van der Waals surface area contributed by atoms with E-state index in [2.05, 4.69) is 15.3 Å². The lowest BCUT2D eigenvalue weighted by Crippen LogP contribution is -2.31. The van der Waals surface area contributed by atoms with Crippen molar-refractivity contribution in [2.75, 3.05) is 5.32 Å². The van der Waals surface area contributed by atoms with Gasteiger partial charge < -0.3 is 15.0 Å². The molecular weight excluding hydrogens is 322 g/mol. The molecule has 2 N–H and O–H groups in total. The summed E-state index contributed by atoms with van der Waals surface area (Å²) in [6, 6.07) is 5.15. The molecule has 0 aromatic carbocycles. The maximum absolute atomic E-state index is 12.0. The topological polar surface area (TPSA) is 101 Å². The van der Waals surface area contributed by atoms with Gasteiger partial charge in [-0.25, -0.2) is 0 Å². The first-order valence-electron chi connectivity index (χ1n) is 6.59. The summed E-state index contributed by atoms with van der Waals surface area (Å²) in [4.78, 5) is 41.4. The van der Waals surface area contributed by atoms with Crippen molar-refractivity contribution in [3.8, 4) is 11.1 Å². The Morgan fingerprint density at radius 2 is 2.09 bits per heavy atom. The molecule has 0 bridgehead atoms. The van der Waals surface area contributed by atoms with E-state index in [-0.39, 0.29) is 18.1 Å². The van der Waals surface area contributed by atoms with Crippen molar-refractivity contribution in [1.82, 2.24) is 9.97 Å². The lowest BCUT2D eigenvalue weighted by molar-refractivity contribution is -0.150. The zero-order chi connectivity index (χ0) is 16.1. The van der Waals surface area contributed by atoms with Gasteiger partial charge in [-0.2, -0.15) is 0 Å². The molecule has 0 aliphatic carbocycles. The molecule has 2 rings (SSSR count). The highest BCUT2D eigenvalue weighted by Crippen LogP contribution is 2.23. The average molecular weight is 338 g/mol. The number of halogens is 1. The molecule has 0 fully saturated rings. The van der Waals surface area contributed by atoms with Gasteiger partial charge in [-0.1, -0.05) is 6.07 Å². The second-order valence-corrected chi connectivity index (χ2v) is 4.58. The van der Waals surface area contributed by atoms with Crippen LogP contribution in [0.2, 0.25) is 0 Å². The Labute approximate surface area is 138 Å². The number of hydrogen-bond donors (Lipinski definition) is 2. The summed E-state index contributed by atoms with van der Waals surface area (Å²) in [5.74, 6) is -1.16. The lowest BCUT2D eigenvalue weighted by Gasteiger charge is -2.14. The number of nitrogens with one attached hydrogen (secondary N) is 2. The van der Waals surface area contributed by atoms with Crippen molar-refractivity contribution in [3.63, 3.8) is 0 Å². The number of rotatable bonds is 4. The summed E-state index contributed by atoms with van der Waals surface area (Å²) in [5.41, 5.74) is 0.841. The molecule has 2 aromatic heterocycles. The molecule has 0 saturated heterocycles. The van der Waals surface area contributed by atoms with E-state index in [1.54, 1.807) is 30.6 Å². The molecule has 23 heavy (non-hydrogen) atoms. The number of esters is 1. The highest BCUT2D eigenvalue weighted by atomic mass is 35.5. The molecule has 0 radical (unpaired) electrons. The van der Waals surface area contributed by atoms with Crippen LogP contribution in [0.4, 0.5) is 5.69 Å². The Hall–Kier alpha value is -2.67. The number of aromatic amines is 1. The summed E-state index contributed by atoms with van der Waals surface area (Å²) >= 11 is 0. The molecule has 0 aliphatic heterocycles. The van der Waals surface area contributed by atoms with Gasteiger partial charge in [-0.15, -0.1) is 12.4 Å². The van der Waals surface area contributed by atoms with Crippen LogP contribution in [0.15, 0.2) is 41.6 Å². The van der Waals surface area contributed by atoms with Gasteiger partial charge in [0.15, 0.2) is 6.10 Å². The van der Waals surface area contributed by atoms with E-state index in [4.69, 9.17) is 4.74 Å². The summed E-state index contributed by atoms with van der Waals surface area (Å²) in [7, 11) is 0. The highest BCUT2D eigenvalue weighted by Gasteiger charge is 2.19. The van der Waals surface area contributed by atoms with E-state index in [0.29, 0.717) is 11.1 Å². The first-order valence-corrected chi connectivity index (χ1v) is 6.59. The van der Waals surface area contributed by atoms with Crippen molar-refractivity contribution in [3.05, 3.63) is 47.1 Å². The second-order valence-electron chi connectivity index (χ2n) is 4.58. The number of ether oxygens (including phenoxy) is 1. The standard InChI is InChI=1S/C15H15N3O4.ClH/c1-9(22-10(2)19)14(20)18-13-12(5-7-17-15(13)21)11-4-3-6-16-8-11;/h3-9H,1-2H3,(H,17,21)(H,18,20);1H.